The lowest BCUT2D eigenvalue weighted by Gasteiger charge is -2.32. The number of aromatic nitrogens is 1. The van der Waals surface area contributed by atoms with E-state index in [-0.39, 0.29) is 17.1 Å². The Labute approximate surface area is 191 Å². The first-order valence-electron chi connectivity index (χ1n) is 10.1. The van der Waals surface area contributed by atoms with Crippen LogP contribution in [0, 0.1) is 17.6 Å². The van der Waals surface area contributed by atoms with Crippen molar-refractivity contribution >= 4 is 23.3 Å². The van der Waals surface area contributed by atoms with Crippen LogP contribution in [0.1, 0.15) is 32.3 Å². The van der Waals surface area contributed by atoms with Crippen molar-refractivity contribution in [1.29, 1.82) is 0 Å². The molecule has 1 aliphatic heterocycles. The van der Waals surface area contributed by atoms with E-state index in [0.29, 0.717) is 0 Å². The highest BCUT2D eigenvalue weighted by Crippen LogP contribution is 2.55. The van der Waals surface area contributed by atoms with Gasteiger partial charge >= 0.3 is 6.18 Å². The number of hydrogen-bond acceptors (Lipinski definition) is 5. The Kier molecular flexibility index (Phi) is 6.83. The summed E-state index contributed by atoms with van der Waals surface area (Å²) in [7, 11) is 1.04. The number of methoxy groups -OCH3 is 1. The maximum atomic E-state index is 14.4. The van der Waals surface area contributed by atoms with Crippen molar-refractivity contribution in [3.8, 4) is 5.75 Å². The van der Waals surface area contributed by atoms with Crippen molar-refractivity contribution in [2.24, 2.45) is 5.92 Å². The van der Waals surface area contributed by atoms with Gasteiger partial charge in [-0.25, -0.2) is 9.37 Å². The van der Waals surface area contributed by atoms with Crippen LogP contribution < -0.4 is 15.4 Å². The first-order valence-corrected chi connectivity index (χ1v) is 10.1. The molecule has 1 saturated heterocycles. The van der Waals surface area contributed by atoms with Gasteiger partial charge in [-0.15, -0.1) is 0 Å². The maximum Gasteiger partial charge on any atom is 0.417 e. The summed E-state index contributed by atoms with van der Waals surface area (Å²) in [6.45, 7) is 3.26. The van der Waals surface area contributed by atoms with Gasteiger partial charge in [0.25, 0.3) is 5.91 Å². The Morgan fingerprint density at radius 1 is 1.18 bits per heavy atom. The molecule has 2 aromatic rings. The second-order valence-electron chi connectivity index (χ2n) is 8.04. The van der Waals surface area contributed by atoms with E-state index in [9.17, 15) is 31.5 Å². The minimum absolute atomic E-state index is 0.102. The highest BCUT2D eigenvalue weighted by Gasteiger charge is 2.65. The minimum Gasteiger partial charge on any atom is -0.493 e. The van der Waals surface area contributed by atoms with Crippen molar-refractivity contribution in [3.05, 3.63) is 47.7 Å². The topological polar surface area (TPSA) is 89.5 Å². The molecule has 2 N–H and O–H groups in total. The fourth-order valence-electron chi connectivity index (χ4n) is 4.01. The molecule has 0 unspecified atom stereocenters. The fraction of sp³-hybridized carbons (Fsp3) is 0.409. The zero-order valence-electron chi connectivity index (χ0n) is 18.6. The summed E-state index contributed by atoms with van der Waals surface area (Å²) in [5.41, 5.74) is -2.79. The molecule has 0 radical (unpaired) electrons. The summed E-state index contributed by atoms with van der Waals surface area (Å²) in [5.74, 6) is -7.25. The molecule has 4 atom stereocenters. The molecular formula is C22H22F5N3O4. The van der Waals surface area contributed by atoms with Gasteiger partial charge < -0.3 is 20.1 Å². The van der Waals surface area contributed by atoms with E-state index in [2.05, 4.69) is 15.6 Å². The van der Waals surface area contributed by atoms with Crippen molar-refractivity contribution < 1.29 is 41.0 Å². The van der Waals surface area contributed by atoms with Crippen LogP contribution in [0.5, 0.6) is 5.75 Å². The van der Waals surface area contributed by atoms with Crippen LogP contribution in [0.15, 0.2) is 30.5 Å². The lowest BCUT2D eigenvalue weighted by Crippen LogP contribution is -2.47. The Morgan fingerprint density at radius 2 is 1.85 bits per heavy atom. The molecule has 1 fully saturated rings. The molecule has 0 saturated carbocycles. The fourth-order valence-corrected chi connectivity index (χ4v) is 4.01. The number of carbonyl (C=O) groups excluding carboxylic acids is 2. The summed E-state index contributed by atoms with van der Waals surface area (Å²) in [6, 6.07) is 4.48. The highest BCUT2D eigenvalue weighted by molar-refractivity contribution is 5.96. The number of pyridine rings is 1. The third-order valence-electron chi connectivity index (χ3n) is 5.90. The molecule has 1 aromatic carbocycles. The molecule has 34 heavy (non-hydrogen) atoms. The van der Waals surface area contributed by atoms with E-state index in [4.69, 9.17) is 9.47 Å². The minimum atomic E-state index is -4.87. The predicted molar refractivity (Wildman–Crippen MR) is 111 cm³/mol. The third-order valence-corrected chi connectivity index (χ3v) is 5.90. The van der Waals surface area contributed by atoms with E-state index in [1.54, 1.807) is 0 Å². The van der Waals surface area contributed by atoms with Gasteiger partial charge in [-0.3, -0.25) is 9.59 Å². The molecule has 0 bridgehead atoms. The van der Waals surface area contributed by atoms with Crippen LogP contribution in [-0.4, -0.2) is 41.8 Å². The first-order chi connectivity index (χ1) is 15.8. The van der Waals surface area contributed by atoms with Crippen LogP contribution in [0.3, 0.4) is 0 Å². The molecule has 2 amide bonds. The van der Waals surface area contributed by atoms with Crippen molar-refractivity contribution in [2.45, 2.75) is 44.6 Å². The number of halogens is 5. The molecule has 3 rings (SSSR count). The van der Waals surface area contributed by atoms with Gasteiger partial charge in [0.05, 0.1) is 7.11 Å². The summed E-state index contributed by atoms with van der Waals surface area (Å²) < 4.78 is 80.3. The number of nitrogens with one attached hydrogen (secondary N) is 2. The number of anilines is 2. The Bertz CT molecular complexity index is 1110. The van der Waals surface area contributed by atoms with E-state index >= 15 is 0 Å². The van der Waals surface area contributed by atoms with Crippen molar-refractivity contribution in [3.63, 3.8) is 0 Å². The summed E-state index contributed by atoms with van der Waals surface area (Å²) in [4.78, 5) is 28.3. The SMILES string of the molecule is COc1c([C@H]2[C@H](C(=O)Nc3ccnc(NC(C)=O)c3)O[C@@](C)(C(F)(F)F)[C@H]2C)ccc(F)c1F. The Morgan fingerprint density at radius 3 is 2.44 bits per heavy atom. The van der Waals surface area contributed by atoms with Crippen LogP contribution >= 0.6 is 0 Å². The molecule has 2 heterocycles. The van der Waals surface area contributed by atoms with Gasteiger partial charge in [-0.2, -0.15) is 17.6 Å². The second-order valence-corrected chi connectivity index (χ2v) is 8.04. The van der Waals surface area contributed by atoms with Gasteiger partial charge in [0.15, 0.2) is 17.2 Å². The summed E-state index contributed by atoms with van der Waals surface area (Å²) >= 11 is 0. The summed E-state index contributed by atoms with van der Waals surface area (Å²) in [5, 5.41) is 4.85. The van der Waals surface area contributed by atoms with Crippen LogP contribution in [0.4, 0.5) is 33.5 Å². The number of amides is 2. The van der Waals surface area contributed by atoms with Gasteiger partial charge in [0, 0.05) is 42.3 Å². The number of nitrogens with zero attached hydrogens (tertiary/aromatic N) is 1. The predicted octanol–water partition coefficient (Wildman–Crippen LogP) is 4.41. The van der Waals surface area contributed by atoms with Crippen molar-refractivity contribution in [1.82, 2.24) is 4.98 Å². The van der Waals surface area contributed by atoms with Crippen LogP contribution in [0.25, 0.3) is 0 Å². The van der Waals surface area contributed by atoms with Gasteiger partial charge in [-0.1, -0.05) is 13.0 Å². The average molecular weight is 487 g/mol. The Balaban J connectivity index is 2.04. The number of benzene rings is 1. The molecule has 1 aromatic heterocycles. The van der Waals surface area contributed by atoms with Gasteiger partial charge in [0.1, 0.15) is 11.9 Å². The standard InChI is InChI=1S/C22H22F5N3O4/c1-10-16(13-5-6-14(23)17(24)18(13)33-4)19(34-21(10,3)22(25,26)27)20(32)30-12-7-8-28-15(9-12)29-11(2)31/h5-10,16,19H,1-4H3,(H2,28,29,30,31,32)/t10-,16-,19+,21+/m0/s1. The molecule has 0 spiro atoms. The quantitative estimate of drug-likeness (QED) is 0.611. The third kappa shape index (κ3) is 4.54. The van der Waals surface area contributed by atoms with Gasteiger partial charge in [0.2, 0.25) is 11.7 Å². The largest absolute Gasteiger partial charge is 0.493 e. The Hall–Kier alpha value is -3.28. The zero-order chi connectivity index (χ0) is 25.4. The number of hydrogen-bond donors (Lipinski definition) is 2. The number of alkyl halides is 3. The molecule has 12 heteroatoms. The number of rotatable bonds is 5. The molecular weight excluding hydrogens is 465 g/mol. The number of carbonyl (C=O) groups is 2. The maximum absolute atomic E-state index is 14.4. The zero-order valence-corrected chi connectivity index (χ0v) is 18.6. The van der Waals surface area contributed by atoms with E-state index in [1.807, 2.05) is 0 Å². The smallest absolute Gasteiger partial charge is 0.417 e. The molecule has 1 aliphatic rings. The average Bonchev–Trinajstić information content (AvgIpc) is 3.02. The summed E-state index contributed by atoms with van der Waals surface area (Å²) in [6.07, 6.45) is -5.34. The first kappa shape index (κ1) is 25.3. The molecule has 7 nitrogen and oxygen atoms in total. The van der Waals surface area contributed by atoms with E-state index in [1.165, 1.54) is 32.2 Å². The lowest BCUT2D eigenvalue weighted by molar-refractivity contribution is -0.272. The lowest BCUT2D eigenvalue weighted by atomic mass is 9.77. The van der Waals surface area contributed by atoms with Crippen LogP contribution in [-0.2, 0) is 14.3 Å². The number of ether oxygens (including phenoxy) is 2. The van der Waals surface area contributed by atoms with Crippen molar-refractivity contribution in [2.75, 3.05) is 17.7 Å². The van der Waals surface area contributed by atoms with E-state index in [0.717, 1.165) is 26.2 Å². The highest BCUT2D eigenvalue weighted by atomic mass is 19.4. The normalized spacial score (nSPS) is 24.6. The molecule has 184 valence electrons. The van der Waals surface area contributed by atoms with Crippen LogP contribution in [0.2, 0.25) is 0 Å². The molecule has 0 aliphatic carbocycles. The second kappa shape index (κ2) is 9.16. The van der Waals surface area contributed by atoms with Gasteiger partial charge in [-0.05, 0) is 19.1 Å². The van der Waals surface area contributed by atoms with E-state index < -0.39 is 58.9 Å². The monoisotopic (exact) mass is 487 g/mol.